The molecule has 1 heterocycles. The monoisotopic (exact) mass is 393 g/mol. The molecule has 0 aliphatic heterocycles. The highest BCUT2D eigenvalue weighted by Crippen LogP contribution is 2.32. The quantitative estimate of drug-likeness (QED) is 0.637. The predicted octanol–water partition coefficient (Wildman–Crippen LogP) is 4.56. The number of hydrogen-bond donors (Lipinski definition) is 1. The van der Waals surface area contributed by atoms with Gasteiger partial charge in [0.2, 0.25) is 0 Å². The number of amides is 2. The van der Waals surface area contributed by atoms with Crippen LogP contribution in [-0.2, 0) is 6.54 Å². The molecule has 1 saturated carbocycles. The number of methoxy groups -OCH3 is 2. The number of aromatic nitrogens is 1. The fourth-order valence-corrected chi connectivity index (χ4v) is 3.19. The second-order valence-corrected chi connectivity index (χ2v) is 6.90. The first-order chi connectivity index (χ1) is 14.2. The van der Waals surface area contributed by atoms with Crippen molar-refractivity contribution in [2.45, 2.75) is 25.4 Å². The molecule has 7 heteroatoms. The van der Waals surface area contributed by atoms with Crippen LogP contribution < -0.4 is 14.8 Å². The van der Waals surface area contributed by atoms with Gasteiger partial charge in [0.15, 0.2) is 5.76 Å². The van der Waals surface area contributed by atoms with E-state index in [1.54, 1.807) is 25.2 Å². The van der Waals surface area contributed by atoms with Crippen LogP contribution in [0, 0.1) is 0 Å². The molecule has 7 nitrogen and oxygen atoms in total. The van der Waals surface area contributed by atoms with Crippen molar-refractivity contribution >= 4 is 11.7 Å². The van der Waals surface area contributed by atoms with Gasteiger partial charge in [0, 0.05) is 23.9 Å². The van der Waals surface area contributed by atoms with Crippen LogP contribution in [0.1, 0.15) is 18.5 Å². The number of nitrogens with zero attached hydrogens (tertiary/aromatic N) is 2. The summed E-state index contributed by atoms with van der Waals surface area (Å²) in [6.07, 6.45) is 1.98. The van der Waals surface area contributed by atoms with Crippen molar-refractivity contribution in [3.63, 3.8) is 0 Å². The molecule has 3 aromatic rings. The third kappa shape index (κ3) is 4.34. The van der Waals surface area contributed by atoms with Gasteiger partial charge in [-0.25, -0.2) is 4.79 Å². The van der Waals surface area contributed by atoms with Gasteiger partial charge < -0.3 is 24.2 Å². The lowest BCUT2D eigenvalue weighted by Gasteiger charge is -2.21. The molecular weight excluding hydrogens is 370 g/mol. The van der Waals surface area contributed by atoms with E-state index in [1.165, 1.54) is 0 Å². The van der Waals surface area contributed by atoms with Crippen LogP contribution in [0.4, 0.5) is 10.5 Å². The first-order valence-corrected chi connectivity index (χ1v) is 9.48. The van der Waals surface area contributed by atoms with E-state index in [-0.39, 0.29) is 12.1 Å². The van der Waals surface area contributed by atoms with Crippen LogP contribution in [0.3, 0.4) is 0 Å². The number of carbonyl (C=O) groups is 1. The third-order valence-corrected chi connectivity index (χ3v) is 4.83. The Kier molecular flexibility index (Phi) is 5.37. The fourth-order valence-electron chi connectivity index (χ4n) is 3.19. The molecule has 0 radical (unpaired) electrons. The molecule has 1 aliphatic rings. The lowest BCUT2D eigenvalue weighted by atomic mass is 10.1. The number of hydrogen-bond acceptors (Lipinski definition) is 5. The molecular formula is C22H23N3O4. The van der Waals surface area contributed by atoms with Crippen LogP contribution in [0.25, 0.3) is 11.3 Å². The van der Waals surface area contributed by atoms with E-state index >= 15 is 0 Å². The molecule has 1 fully saturated rings. The van der Waals surface area contributed by atoms with Crippen LogP contribution in [0.2, 0.25) is 0 Å². The Morgan fingerprint density at radius 2 is 1.97 bits per heavy atom. The molecule has 0 spiro atoms. The average Bonchev–Trinajstić information content (AvgIpc) is 3.49. The third-order valence-electron chi connectivity index (χ3n) is 4.83. The van der Waals surface area contributed by atoms with Crippen molar-refractivity contribution in [3.8, 4) is 22.8 Å². The largest absolute Gasteiger partial charge is 0.497 e. The topological polar surface area (TPSA) is 76.8 Å². The molecule has 29 heavy (non-hydrogen) atoms. The Labute approximate surface area is 169 Å². The van der Waals surface area contributed by atoms with E-state index in [0.717, 1.165) is 18.4 Å². The predicted molar refractivity (Wildman–Crippen MR) is 109 cm³/mol. The Bertz CT molecular complexity index is 997. The summed E-state index contributed by atoms with van der Waals surface area (Å²) in [6, 6.07) is 16.8. The summed E-state index contributed by atoms with van der Waals surface area (Å²) in [4.78, 5) is 14.7. The highest BCUT2D eigenvalue weighted by atomic mass is 16.5. The minimum Gasteiger partial charge on any atom is -0.497 e. The minimum absolute atomic E-state index is 0.164. The van der Waals surface area contributed by atoms with Gasteiger partial charge in [-0.05, 0) is 37.1 Å². The zero-order valence-electron chi connectivity index (χ0n) is 16.4. The number of anilines is 1. The number of para-hydroxylation sites is 1. The summed E-state index contributed by atoms with van der Waals surface area (Å²) in [6.45, 7) is 0.374. The van der Waals surface area contributed by atoms with Crippen LogP contribution in [-0.4, -0.2) is 36.3 Å². The number of urea groups is 1. The first-order valence-electron chi connectivity index (χ1n) is 9.48. The normalized spacial score (nSPS) is 13.0. The lowest BCUT2D eigenvalue weighted by Crippen LogP contribution is -2.36. The number of carbonyl (C=O) groups excluding carboxylic acids is 1. The Balaban J connectivity index is 1.49. The fraction of sp³-hybridized carbons (Fsp3) is 0.273. The molecule has 150 valence electrons. The summed E-state index contributed by atoms with van der Waals surface area (Å²) in [7, 11) is 3.22. The minimum atomic E-state index is -0.164. The van der Waals surface area contributed by atoms with E-state index in [1.807, 2.05) is 48.5 Å². The molecule has 0 unspecified atom stereocenters. The average molecular weight is 393 g/mol. The van der Waals surface area contributed by atoms with E-state index in [9.17, 15) is 4.79 Å². The van der Waals surface area contributed by atoms with Gasteiger partial charge in [-0.3, -0.25) is 0 Å². The highest BCUT2D eigenvalue weighted by molar-refractivity contribution is 5.90. The number of benzene rings is 2. The maximum absolute atomic E-state index is 12.9. The smallest absolute Gasteiger partial charge is 0.322 e. The van der Waals surface area contributed by atoms with Crippen molar-refractivity contribution in [3.05, 3.63) is 60.3 Å². The highest BCUT2D eigenvalue weighted by Gasteiger charge is 2.33. The molecule has 1 N–H and O–H groups in total. The van der Waals surface area contributed by atoms with Crippen LogP contribution >= 0.6 is 0 Å². The van der Waals surface area contributed by atoms with Gasteiger partial charge in [0.05, 0.1) is 26.3 Å². The van der Waals surface area contributed by atoms with Gasteiger partial charge in [-0.1, -0.05) is 23.4 Å². The van der Waals surface area contributed by atoms with Gasteiger partial charge in [-0.15, -0.1) is 0 Å². The van der Waals surface area contributed by atoms with Crippen molar-refractivity contribution in [2.24, 2.45) is 0 Å². The molecule has 4 rings (SSSR count). The molecule has 0 atom stereocenters. The van der Waals surface area contributed by atoms with Crippen LogP contribution in [0.5, 0.6) is 11.5 Å². The van der Waals surface area contributed by atoms with Crippen molar-refractivity contribution in [2.75, 3.05) is 19.5 Å². The summed E-state index contributed by atoms with van der Waals surface area (Å²) >= 11 is 0. The van der Waals surface area contributed by atoms with Gasteiger partial charge >= 0.3 is 6.03 Å². The molecule has 1 aliphatic carbocycles. The van der Waals surface area contributed by atoms with E-state index in [4.69, 9.17) is 14.0 Å². The van der Waals surface area contributed by atoms with Gasteiger partial charge in [-0.2, -0.15) is 0 Å². The number of rotatable bonds is 7. The van der Waals surface area contributed by atoms with Gasteiger partial charge in [0.25, 0.3) is 0 Å². The molecule has 0 saturated heterocycles. The summed E-state index contributed by atoms with van der Waals surface area (Å²) in [5.74, 6) is 2.02. The molecule has 0 bridgehead atoms. The van der Waals surface area contributed by atoms with E-state index in [2.05, 4.69) is 10.5 Å². The van der Waals surface area contributed by atoms with Crippen molar-refractivity contribution in [1.82, 2.24) is 10.1 Å². The summed E-state index contributed by atoms with van der Waals surface area (Å²) in [5.41, 5.74) is 2.21. The SMILES string of the molecule is COc1cccc(NC(=O)N(Cc2cc(-c3ccccc3OC)on2)C2CC2)c1. The summed E-state index contributed by atoms with van der Waals surface area (Å²) in [5, 5.41) is 7.11. The summed E-state index contributed by atoms with van der Waals surface area (Å²) < 4.78 is 16.1. The van der Waals surface area contributed by atoms with Gasteiger partial charge in [0.1, 0.15) is 17.2 Å². The zero-order valence-corrected chi connectivity index (χ0v) is 16.4. The number of nitrogens with one attached hydrogen (secondary N) is 1. The van der Waals surface area contributed by atoms with Crippen molar-refractivity contribution in [1.29, 1.82) is 0 Å². The Morgan fingerprint density at radius 3 is 2.72 bits per heavy atom. The molecule has 2 aromatic carbocycles. The lowest BCUT2D eigenvalue weighted by molar-refractivity contribution is 0.204. The van der Waals surface area contributed by atoms with Crippen molar-refractivity contribution < 1.29 is 18.8 Å². The maximum Gasteiger partial charge on any atom is 0.322 e. The van der Waals surface area contributed by atoms with E-state index < -0.39 is 0 Å². The first kappa shape index (κ1) is 18.9. The van der Waals surface area contributed by atoms with Crippen LogP contribution in [0.15, 0.2) is 59.1 Å². The maximum atomic E-state index is 12.9. The number of ether oxygens (including phenoxy) is 2. The standard InChI is InChI=1S/C22H23N3O4/c1-27-18-7-5-6-15(12-18)23-22(26)25(17-10-11-17)14-16-13-21(29-24-16)19-8-3-4-9-20(19)28-2/h3-9,12-13,17H,10-11,14H2,1-2H3,(H,23,26). The zero-order chi connectivity index (χ0) is 20.2. The molecule has 1 aromatic heterocycles. The second kappa shape index (κ2) is 8.26. The Hall–Kier alpha value is -3.48. The Morgan fingerprint density at radius 1 is 1.14 bits per heavy atom. The van der Waals surface area contributed by atoms with E-state index in [0.29, 0.717) is 35.2 Å². The molecule has 2 amide bonds. The second-order valence-electron chi connectivity index (χ2n) is 6.90.